The largest absolute Gasteiger partial charge is 0.497 e. The Morgan fingerprint density at radius 1 is 1.08 bits per heavy atom. The Morgan fingerprint density at radius 2 is 1.88 bits per heavy atom. The van der Waals surface area contributed by atoms with E-state index in [2.05, 4.69) is 20.3 Å². The first-order chi connectivity index (χ1) is 12.7. The molecule has 0 fully saturated rings. The molecule has 2 aromatic rings. The number of ether oxygens (including phenoxy) is 2. The third kappa shape index (κ3) is 2.72. The molecular formula is C18H17N6O2+. The van der Waals surface area contributed by atoms with Gasteiger partial charge in [0, 0.05) is 36.1 Å². The van der Waals surface area contributed by atoms with Crippen LogP contribution in [0.3, 0.4) is 0 Å². The smallest absolute Gasteiger partial charge is 0.287 e. The average Bonchev–Trinajstić information content (AvgIpc) is 3.07. The number of hydrogen-bond acceptors (Lipinski definition) is 7. The molecule has 130 valence electrons. The normalized spacial score (nSPS) is 20.2. The summed E-state index contributed by atoms with van der Waals surface area (Å²) in [6.07, 6.45) is 8.74. The van der Waals surface area contributed by atoms with Crippen LogP contribution in [0, 0.1) is 0 Å². The number of aromatic nitrogens is 1. The Hall–Kier alpha value is -3.52. The summed E-state index contributed by atoms with van der Waals surface area (Å²) in [4.78, 5) is 13.0. The Labute approximate surface area is 150 Å². The van der Waals surface area contributed by atoms with Gasteiger partial charge in [-0.25, -0.2) is 0 Å². The van der Waals surface area contributed by atoms with Crippen molar-refractivity contribution >= 4 is 29.4 Å². The molecule has 1 aromatic heterocycles. The number of methoxy groups -OCH3 is 2. The van der Waals surface area contributed by atoms with E-state index < -0.39 is 0 Å². The molecule has 0 aliphatic carbocycles. The van der Waals surface area contributed by atoms with E-state index in [0.717, 1.165) is 11.4 Å². The molecule has 0 saturated carbocycles. The first-order valence-electron chi connectivity index (χ1n) is 7.93. The summed E-state index contributed by atoms with van der Waals surface area (Å²) >= 11 is 0. The Kier molecular flexibility index (Phi) is 3.94. The van der Waals surface area contributed by atoms with Crippen molar-refractivity contribution in [3.8, 4) is 11.5 Å². The van der Waals surface area contributed by atoms with Crippen molar-refractivity contribution in [3.05, 3.63) is 55.1 Å². The van der Waals surface area contributed by atoms with Gasteiger partial charge in [0.05, 0.1) is 26.6 Å². The summed E-state index contributed by atoms with van der Waals surface area (Å²) in [6.45, 7) is 0. The van der Waals surface area contributed by atoms with Crippen molar-refractivity contribution in [2.24, 2.45) is 15.1 Å². The molecule has 1 N–H and O–H groups in total. The fourth-order valence-electron chi connectivity index (χ4n) is 2.77. The summed E-state index contributed by atoms with van der Waals surface area (Å²) in [7, 11) is 3.21. The lowest BCUT2D eigenvalue weighted by Gasteiger charge is -2.23. The molecule has 3 heterocycles. The van der Waals surface area contributed by atoms with Crippen molar-refractivity contribution in [3.63, 3.8) is 0 Å². The maximum Gasteiger partial charge on any atom is 0.287 e. The summed E-state index contributed by atoms with van der Waals surface area (Å²) < 4.78 is 10.7. The number of nitrogens with zero attached hydrogens (tertiary/aromatic N) is 5. The SMILES string of the molecule is COc1cc(NC2=N[N+]3(c4cccnc4)C=CN=CC3=N2)cc(OC)c1. The van der Waals surface area contributed by atoms with Gasteiger partial charge in [0.2, 0.25) is 0 Å². The fourth-order valence-corrected chi connectivity index (χ4v) is 2.77. The molecule has 4 rings (SSSR count). The van der Waals surface area contributed by atoms with Crippen LogP contribution in [0.2, 0.25) is 0 Å². The van der Waals surface area contributed by atoms with E-state index in [1.165, 1.54) is 0 Å². The molecule has 2 aliphatic rings. The molecular weight excluding hydrogens is 332 g/mol. The molecule has 0 bridgehead atoms. The number of aliphatic imine (C=N–C) groups is 2. The van der Waals surface area contributed by atoms with Gasteiger partial charge in [0.1, 0.15) is 17.7 Å². The van der Waals surface area contributed by atoms with Gasteiger partial charge in [-0.05, 0) is 11.2 Å². The third-order valence-electron chi connectivity index (χ3n) is 4.03. The van der Waals surface area contributed by atoms with E-state index >= 15 is 0 Å². The molecule has 0 saturated heterocycles. The number of rotatable bonds is 4. The number of hydrogen-bond donors (Lipinski definition) is 1. The van der Waals surface area contributed by atoms with Gasteiger partial charge in [-0.15, -0.1) is 0 Å². The Balaban J connectivity index is 1.72. The van der Waals surface area contributed by atoms with Crippen LogP contribution in [0.1, 0.15) is 0 Å². The number of anilines is 1. The molecule has 1 aromatic carbocycles. The summed E-state index contributed by atoms with van der Waals surface area (Å²) in [5.74, 6) is 2.48. The Bertz CT molecular complexity index is 929. The number of guanidine groups is 1. The fraction of sp³-hybridized carbons (Fsp3) is 0.111. The molecule has 2 aliphatic heterocycles. The zero-order chi connectivity index (χ0) is 18.0. The lowest BCUT2D eigenvalue weighted by atomic mass is 10.3. The summed E-state index contributed by atoms with van der Waals surface area (Å²) in [5.41, 5.74) is 1.63. The zero-order valence-corrected chi connectivity index (χ0v) is 14.3. The molecule has 0 radical (unpaired) electrons. The number of benzene rings is 1. The highest BCUT2D eigenvalue weighted by Crippen LogP contribution is 2.31. The molecule has 26 heavy (non-hydrogen) atoms. The van der Waals surface area contributed by atoms with E-state index in [1.54, 1.807) is 45.1 Å². The molecule has 8 nitrogen and oxygen atoms in total. The minimum absolute atomic E-state index is 0.0841. The highest BCUT2D eigenvalue weighted by Gasteiger charge is 2.42. The van der Waals surface area contributed by atoms with Crippen LogP contribution in [0.25, 0.3) is 0 Å². The molecule has 1 atom stereocenters. The minimum Gasteiger partial charge on any atom is -0.497 e. The second-order valence-electron chi connectivity index (χ2n) is 5.59. The van der Waals surface area contributed by atoms with E-state index in [4.69, 9.17) is 14.6 Å². The van der Waals surface area contributed by atoms with E-state index in [9.17, 15) is 0 Å². The van der Waals surface area contributed by atoms with Crippen LogP contribution in [0.4, 0.5) is 11.4 Å². The van der Waals surface area contributed by atoms with Crippen LogP contribution in [0.15, 0.2) is 70.2 Å². The van der Waals surface area contributed by atoms with Crippen molar-refractivity contribution < 1.29 is 9.47 Å². The topological polar surface area (TPSA) is 80.5 Å². The monoisotopic (exact) mass is 349 g/mol. The summed E-state index contributed by atoms with van der Waals surface area (Å²) in [5, 5.41) is 7.97. The number of pyridine rings is 1. The van der Waals surface area contributed by atoms with Crippen LogP contribution in [-0.2, 0) is 0 Å². The van der Waals surface area contributed by atoms with E-state index in [1.807, 2.05) is 30.5 Å². The van der Waals surface area contributed by atoms with Gasteiger partial charge in [-0.2, -0.15) is 4.99 Å². The maximum absolute atomic E-state index is 5.31. The van der Waals surface area contributed by atoms with Gasteiger partial charge < -0.3 is 14.8 Å². The van der Waals surface area contributed by atoms with Crippen LogP contribution in [-0.4, -0.2) is 37.2 Å². The molecule has 0 amide bonds. The minimum atomic E-state index is 0.0841. The highest BCUT2D eigenvalue weighted by atomic mass is 16.5. The van der Waals surface area contributed by atoms with E-state index in [-0.39, 0.29) is 4.59 Å². The second-order valence-corrected chi connectivity index (χ2v) is 5.59. The van der Waals surface area contributed by atoms with Crippen molar-refractivity contribution in [2.75, 3.05) is 19.5 Å². The summed E-state index contributed by atoms with van der Waals surface area (Å²) in [6, 6.07) is 9.32. The lowest BCUT2D eigenvalue weighted by molar-refractivity contribution is 0.395. The van der Waals surface area contributed by atoms with Crippen molar-refractivity contribution in [2.45, 2.75) is 0 Å². The highest BCUT2D eigenvalue weighted by molar-refractivity contribution is 6.38. The zero-order valence-electron chi connectivity index (χ0n) is 14.3. The standard InChI is InChI=1S/C18H17N6O2/c1-25-15-8-13(9-16(10-15)26-2)21-18-22-17-12-20-6-7-24(17,23-18)14-4-3-5-19-11-14/h3-12H,1-2H3,(H,21,23)/q+1. The predicted octanol–water partition coefficient (Wildman–Crippen LogP) is 2.76. The van der Waals surface area contributed by atoms with Gasteiger partial charge >= 0.3 is 0 Å². The third-order valence-corrected chi connectivity index (χ3v) is 4.03. The number of quaternary nitrogens is 1. The maximum atomic E-state index is 5.31. The first kappa shape index (κ1) is 16.0. The Morgan fingerprint density at radius 3 is 2.58 bits per heavy atom. The van der Waals surface area contributed by atoms with Gasteiger partial charge in [-0.3, -0.25) is 9.98 Å². The van der Waals surface area contributed by atoms with Crippen molar-refractivity contribution in [1.82, 2.24) is 9.58 Å². The van der Waals surface area contributed by atoms with Gasteiger partial charge in [0.25, 0.3) is 11.8 Å². The van der Waals surface area contributed by atoms with Crippen molar-refractivity contribution in [1.29, 1.82) is 0 Å². The average molecular weight is 349 g/mol. The molecule has 0 spiro atoms. The second kappa shape index (κ2) is 6.41. The molecule has 1 unspecified atom stereocenters. The quantitative estimate of drug-likeness (QED) is 0.861. The number of amidine groups is 1. The van der Waals surface area contributed by atoms with Crippen LogP contribution in [0.5, 0.6) is 11.5 Å². The predicted molar refractivity (Wildman–Crippen MR) is 102 cm³/mol. The van der Waals surface area contributed by atoms with E-state index in [0.29, 0.717) is 23.3 Å². The van der Waals surface area contributed by atoms with Gasteiger partial charge in [-0.1, -0.05) is 4.59 Å². The lowest BCUT2D eigenvalue weighted by Crippen LogP contribution is -2.44. The molecule has 8 heteroatoms. The van der Waals surface area contributed by atoms with Crippen LogP contribution >= 0.6 is 0 Å². The first-order valence-corrected chi connectivity index (χ1v) is 7.93. The number of fused-ring (bicyclic) bond motifs is 1. The van der Waals surface area contributed by atoms with Crippen LogP contribution < -0.4 is 19.4 Å². The van der Waals surface area contributed by atoms with Gasteiger partial charge in [0.15, 0.2) is 11.9 Å². The number of nitrogens with one attached hydrogen (secondary N) is 1.